The van der Waals surface area contributed by atoms with Gasteiger partial charge in [0.25, 0.3) is 5.56 Å². The lowest BCUT2D eigenvalue weighted by atomic mass is 10.1. The maximum Gasteiger partial charge on any atom is 0.330 e. The van der Waals surface area contributed by atoms with Crippen LogP contribution in [0.3, 0.4) is 0 Å². The fourth-order valence-corrected chi connectivity index (χ4v) is 2.82. The molecule has 0 aromatic carbocycles. The first kappa shape index (κ1) is 16.7. The Labute approximate surface area is 142 Å². The number of nitrogens with one attached hydrogen (secondary N) is 1. The molecule has 0 aliphatic carbocycles. The molecule has 0 saturated carbocycles. The van der Waals surface area contributed by atoms with E-state index in [-0.39, 0.29) is 24.6 Å². The van der Waals surface area contributed by atoms with E-state index in [1.807, 2.05) is 0 Å². The van der Waals surface area contributed by atoms with Crippen molar-refractivity contribution in [1.82, 2.24) is 14.0 Å². The van der Waals surface area contributed by atoms with Crippen molar-refractivity contribution in [2.45, 2.75) is 13.0 Å². The van der Waals surface area contributed by atoms with E-state index < -0.39 is 23.1 Å². The van der Waals surface area contributed by atoms with Crippen LogP contribution in [0.2, 0.25) is 0 Å². The number of hydrogen-bond acceptors (Lipinski definition) is 5. The van der Waals surface area contributed by atoms with E-state index in [2.05, 4.69) is 5.32 Å². The zero-order valence-electron chi connectivity index (χ0n) is 13.9. The zero-order valence-corrected chi connectivity index (χ0v) is 13.9. The van der Waals surface area contributed by atoms with Gasteiger partial charge in [-0.1, -0.05) is 0 Å². The van der Waals surface area contributed by atoms with Gasteiger partial charge in [-0.05, 0) is 12.1 Å². The number of carbonyl (C=O) groups is 2. The van der Waals surface area contributed by atoms with Gasteiger partial charge in [0.1, 0.15) is 11.4 Å². The average molecular weight is 346 g/mol. The number of rotatable bonds is 4. The van der Waals surface area contributed by atoms with E-state index in [1.54, 1.807) is 17.0 Å². The molecule has 1 unspecified atom stereocenters. The highest BCUT2D eigenvalue weighted by Crippen LogP contribution is 2.21. The number of nitrogens with zero attached hydrogens (tertiary/aromatic N) is 3. The van der Waals surface area contributed by atoms with E-state index in [0.717, 1.165) is 4.57 Å². The number of anilines is 1. The molecular formula is C16H18N4O5. The molecule has 2 aromatic heterocycles. The number of carbonyl (C=O) groups excluding carboxylic acids is 2. The number of aromatic nitrogens is 2. The maximum atomic E-state index is 12.4. The largest absolute Gasteiger partial charge is 0.467 e. The lowest BCUT2D eigenvalue weighted by Gasteiger charge is -2.15. The van der Waals surface area contributed by atoms with Gasteiger partial charge >= 0.3 is 5.69 Å². The second-order valence-corrected chi connectivity index (χ2v) is 6.04. The highest BCUT2D eigenvalue weighted by atomic mass is 16.3. The van der Waals surface area contributed by atoms with Crippen LogP contribution in [0.5, 0.6) is 0 Å². The summed E-state index contributed by atoms with van der Waals surface area (Å²) in [6, 6.07) is 3.49. The van der Waals surface area contributed by atoms with Gasteiger partial charge in [0.05, 0.1) is 18.7 Å². The van der Waals surface area contributed by atoms with E-state index in [4.69, 9.17) is 4.42 Å². The second-order valence-electron chi connectivity index (χ2n) is 6.04. The van der Waals surface area contributed by atoms with Crippen LogP contribution < -0.4 is 16.6 Å². The molecule has 0 bridgehead atoms. The second kappa shape index (κ2) is 6.42. The molecule has 0 radical (unpaired) electrons. The van der Waals surface area contributed by atoms with Crippen LogP contribution in [0.25, 0.3) is 0 Å². The Balaban J connectivity index is 1.71. The molecule has 25 heavy (non-hydrogen) atoms. The smallest absolute Gasteiger partial charge is 0.330 e. The van der Waals surface area contributed by atoms with Gasteiger partial charge < -0.3 is 19.2 Å². The molecule has 3 rings (SSSR count). The molecule has 1 atom stereocenters. The monoisotopic (exact) mass is 346 g/mol. The minimum absolute atomic E-state index is 0.00605. The molecule has 2 amide bonds. The van der Waals surface area contributed by atoms with E-state index in [0.29, 0.717) is 12.3 Å². The summed E-state index contributed by atoms with van der Waals surface area (Å²) in [5.74, 6) is -0.498. The highest BCUT2D eigenvalue weighted by molar-refractivity contribution is 5.96. The number of amides is 2. The highest BCUT2D eigenvalue weighted by Gasteiger charge is 2.35. The fourth-order valence-electron chi connectivity index (χ4n) is 2.82. The van der Waals surface area contributed by atoms with Gasteiger partial charge in [-0.25, -0.2) is 4.79 Å². The Bertz CT molecular complexity index is 925. The number of furan rings is 1. The van der Waals surface area contributed by atoms with Crippen molar-refractivity contribution in [2.75, 3.05) is 11.9 Å². The van der Waals surface area contributed by atoms with Crippen LogP contribution in [0.15, 0.2) is 38.6 Å². The molecule has 132 valence electrons. The standard InChI is InChI=1S/C16H18N4O5/c1-18-9-12(15(23)19(2)16(18)24)17-14(22)10-6-13(21)20(7-10)8-11-4-3-5-25-11/h3-5,9-10H,6-8H2,1-2H3,(H,17,22). The predicted molar refractivity (Wildman–Crippen MR) is 87.8 cm³/mol. The third-order valence-electron chi connectivity index (χ3n) is 4.22. The summed E-state index contributed by atoms with van der Waals surface area (Å²) in [7, 11) is 2.83. The third-order valence-corrected chi connectivity index (χ3v) is 4.22. The van der Waals surface area contributed by atoms with Crippen molar-refractivity contribution < 1.29 is 14.0 Å². The lowest BCUT2D eigenvalue weighted by Crippen LogP contribution is -2.39. The SMILES string of the molecule is Cn1cc(NC(=O)C2CC(=O)N(Cc3ccco3)C2)c(=O)n(C)c1=O. The van der Waals surface area contributed by atoms with E-state index in [1.165, 1.54) is 31.1 Å². The van der Waals surface area contributed by atoms with Crippen LogP contribution >= 0.6 is 0 Å². The lowest BCUT2D eigenvalue weighted by molar-refractivity contribution is -0.128. The molecular weight excluding hydrogens is 328 g/mol. The molecule has 2 aromatic rings. The average Bonchev–Trinajstić information content (AvgIpc) is 3.21. The molecule has 9 nitrogen and oxygen atoms in total. The minimum Gasteiger partial charge on any atom is -0.467 e. The quantitative estimate of drug-likeness (QED) is 0.815. The normalized spacial score (nSPS) is 17.1. The van der Waals surface area contributed by atoms with Crippen LogP contribution in [0, 0.1) is 5.92 Å². The van der Waals surface area contributed by atoms with E-state index in [9.17, 15) is 19.2 Å². The number of likely N-dealkylation sites (tertiary alicyclic amines) is 1. The van der Waals surface area contributed by atoms with Crippen molar-refractivity contribution in [3.05, 3.63) is 51.2 Å². The molecule has 1 aliphatic rings. The van der Waals surface area contributed by atoms with Crippen LogP contribution in [0.1, 0.15) is 12.2 Å². The van der Waals surface area contributed by atoms with Gasteiger partial charge in [0.2, 0.25) is 11.8 Å². The fraction of sp³-hybridized carbons (Fsp3) is 0.375. The molecule has 3 heterocycles. The molecule has 1 aliphatic heterocycles. The Kier molecular flexibility index (Phi) is 4.30. The third kappa shape index (κ3) is 3.25. The summed E-state index contributed by atoms with van der Waals surface area (Å²) in [5.41, 5.74) is -1.07. The van der Waals surface area contributed by atoms with E-state index >= 15 is 0 Å². The topological polar surface area (TPSA) is 107 Å². The Morgan fingerprint density at radius 1 is 1.32 bits per heavy atom. The maximum absolute atomic E-state index is 12.4. The van der Waals surface area contributed by atoms with Crippen LogP contribution in [-0.2, 0) is 30.2 Å². The van der Waals surface area contributed by atoms with Crippen molar-refractivity contribution in [3.8, 4) is 0 Å². The van der Waals surface area contributed by atoms with Crippen molar-refractivity contribution in [3.63, 3.8) is 0 Å². The van der Waals surface area contributed by atoms with Crippen molar-refractivity contribution in [2.24, 2.45) is 20.0 Å². The first-order chi connectivity index (χ1) is 11.9. The minimum atomic E-state index is -0.590. The molecule has 1 N–H and O–H groups in total. The Hall–Kier alpha value is -3.10. The van der Waals surface area contributed by atoms with Gasteiger partial charge in [-0.15, -0.1) is 0 Å². The van der Waals surface area contributed by atoms with Gasteiger partial charge in [-0.3, -0.25) is 19.0 Å². The first-order valence-corrected chi connectivity index (χ1v) is 7.74. The summed E-state index contributed by atoms with van der Waals surface area (Å²) in [6.45, 7) is 0.550. The number of aryl methyl sites for hydroxylation is 1. The molecule has 9 heteroatoms. The summed E-state index contributed by atoms with van der Waals surface area (Å²) < 4.78 is 7.34. The van der Waals surface area contributed by atoms with Crippen LogP contribution in [-0.4, -0.2) is 32.4 Å². The zero-order chi connectivity index (χ0) is 18.1. The Morgan fingerprint density at radius 2 is 2.08 bits per heavy atom. The number of hydrogen-bond donors (Lipinski definition) is 1. The summed E-state index contributed by atoms with van der Waals surface area (Å²) in [5, 5.41) is 2.53. The molecule has 0 spiro atoms. The molecule has 1 saturated heterocycles. The molecule has 1 fully saturated rings. The summed E-state index contributed by atoms with van der Waals surface area (Å²) in [6.07, 6.45) is 2.87. The van der Waals surface area contributed by atoms with Gasteiger partial charge in [0.15, 0.2) is 0 Å². The van der Waals surface area contributed by atoms with Crippen molar-refractivity contribution >= 4 is 17.5 Å². The summed E-state index contributed by atoms with van der Waals surface area (Å²) >= 11 is 0. The van der Waals surface area contributed by atoms with Crippen LogP contribution in [0.4, 0.5) is 5.69 Å². The van der Waals surface area contributed by atoms with Gasteiger partial charge in [0, 0.05) is 33.3 Å². The summed E-state index contributed by atoms with van der Waals surface area (Å²) in [4.78, 5) is 49.8. The Morgan fingerprint density at radius 3 is 2.76 bits per heavy atom. The van der Waals surface area contributed by atoms with Gasteiger partial charge in [-0.2, -0.15) is 0 Å². The van der Waals surface area contributed by atoms with Crippen molar-refractivity contribution in [1.29, 1.82) is 0 Å². The predicted octanol–water partition coefficient (Wildman–Crippen LogP) is -0.336. The first-order valence-electron chi connectivity index (χ1n) is 7.74.